The van der Waals surface area contributed by atoms with Gasteiger partial charge in [-0.2, -0.15) is 0 Å². The molecule has 0 N–H and O–H groups in total. The number of esters is 1. The van der Waals surface area contributed by atoms with E-state index in [1.54, 1.807) is 6.07 Å². The van der Waals surface area contributed by atoms with Gasteiger partial charge in [0.05, 0.1) is 5.56 Å². The zero-order chi connectivity index (χ0) is 19.0. The average Bonchev–Trinajstić information content (AvgIpc) is 2.65. The van der Waals surface area contributed by atoms with E-state index in [1.165, 1.54) is 24.3 Å². The monoisotopic (exact) mass is 426 g/mol. The van der Waals surface area contributed by atoms with E-state index in [0.717, 1.165) is 16.2 Å². The highest BCUT2D eigenvalue weighted by molar-refractivity contribution is 9.10. The number of hydrogen-bond donors (Lipinski definition) is 0. The molecule has 27 heavy (non-hydrogen) atoms. The first-order valence-electron chi connectivity index (χ1n) is 8.09. The number of ether oxygens (including phenoxy) is 1. The lowest BCUT2D eigenvalue weighted by molar-refractivity contribution is 0.0472. The van der Waals surface area contributed by atoms with Crippen LogP contribution < -0.4 is 5.63 Å². The maximum atomic E-state index is 13.2. The summed E-state index contributed by atoms with van der Waals surface area (Å²) >= 11 is 3.15. The SMILES string of the molecule is O=C(OCc1cc(=O)oc2ccc3ccccc3c12)c1ccc(F)cc1Br. The molecule has 1 heterocycles. The van der Waals surface area contributed by atoms with Gasteiger partial charge < -0.3 is 9.15 Å². The van der Waals surface area contributed by atoms with Crippen molar-refractivity contribution in [2.24, 2.45) is 0 Å². The number of rotatable bonds is 3. The number of hydrogen-bond acceptors (Lipinski definition) is 4. The second-order valence-electron chi connectivity index (χ2n) is 5.95. The van der Waals surface area contributed by atoms with Crippen molar-refractivity contribution in [2.45, 2.75) is 6.61 Å². The van der Waals surface area contributed by atoms with Crippen molar-refractivity contribution in [1.29, 1.82) is 0 Å². The summed E-state index contributed by atoms with van der Waals surface area (Å²) in [4.78, 5) is 24.2. The predicted molar refractivity (Wildman–Crippen MR) is 103 cm³/mol. The van der Waals surface area contributed by atoms with Crippen LogP contribution in [0.1, 0.15) is 15.9 Å². The minimum Gasteiger partial charge on any atom is -0.457 e. The number of fused-ring (bicyclic) bond motifs is 3. The van der Waals surface area contributed by atoms with Crippen LogP contribution in [0.5, 0.6) is 0 Å². The molecule has 4 aromatic rings. The third-order valence-electron chi connectivity index (χ3n) is 4.22. The van der Waals surface area contributed by atoms with Gasteiger partial charge in [-0.05, 0) is 51.0 Å². The fraction of sp³-hybridized carbons (Fsp3) is 0.0476. The van der Waals surface area contributed by atoms with E-state index in [2.05, 4.69) is 15.9 Å². The smallest absolute Gasteiger partial charge is 0.339 e. The van der Waals surface area contributed by atoms with Crippen LogP contribution in [-0.2, 0) is 11.3 Å². The Bertz CT molecular complexity index is 1250. The highest BCUT2D eigenvalue weighted by atomic mass is 79.9. The zero-order valence-corrected chi connectivity index (χ0v) is 15.5. The summed E-state index contributed by atoms with van der Waals surface area (Å²) in [6.45, 7) is -0.112. The van der Waals surface area contributed by atoms with Gasteiger partial charge in [0.25, 0.3) is 0 Å². The zero-order valence-electron chi connectivity index (χ0n) is 13.9. The molecule has 4 rings (SSSR count). The first-order valence-corrected chi connectivity index (χ1v) is 8.89. The van der Waals surface area contributed by atoms with E-state index >= 15 is 0 Å². The van der Waals surface area contributed by atoms with Crippen LogP contribution in [0.2, 0.25) is 0 Å². The summed E-state index contributed by atoms with van der Waals surface area (Å²) in [6.07, 6.45) is 0. The summed E-state index contributed by atoms with van der Waals surface area (Å²) in [6, 6.07) is 16.3. The van der Waals surface area contributed by atoms with Gasteiger partial charge in [-0.3, -0.25) is 0 Å². The van der Waals surface area contributed by atoms with Crippen molar-refractivity contribution >= 4 is 43.6 Å². The molecule has 0 saturated heterocycles. The fourth-order valence-electron chi connectivity index (χ4n) is 3.01. The van der Waals surface area contributed by atoms with Crippen LogP contribution in [0.25, 0.3) is 21.7 Å². The van der Waals surface area contributed by atoms with E-state index in [9.17, 15) is 14.0 Å². The number of carbonyl (C=O) groups is 1. The predicted octanol–water partition coefficient (Wildman–Crippen LogP) is 5.20. The Balaban J connectivity index is 1.74. The lowest BCUT2D eigenvalue weighted by Gasteiger charge is -2.10. The maximum absolute atomic E-state index is 13.2. The van der Waals surface area contributed by atoms with Crippen LogP contribution in [0, 0.1) is 5.82 Å². The van der Waals surface area contributed by atoms with E-state index in [0.29, 0.717) is 15.6 Å². The second-order valence-corrected chi connectivity index (χ2v) is 6.81. The molecule has 0 spiro atoms. The van der Waals surface area contributed by atoms with E-state index in [1.807, 2.05) is 30.3 Å². The Kier molecular flexibility index (Phi) is 4.49. The van der Waals surface area contributed by atoms with Gasteiger partial charge in [0.2, 0.25) is 0 Å². The van der Waals surface area contributed by atoms with Crippen LogP contribution >= 0.6 is 15.9 Å². The number of benzene rings is 3. The average molecular weight is 427 g/mol. The minimum atomic E-state index is -0.622. The summed E-state index contributed by atoms with van der Waals surface area (Å²) in [5.41, 5.74) is 0.653. The van der Waals surface area contributed by atoms with E-state index in [4.69, 9.17) is 9.15 Å². The molecule has 0 atom stereocenters. The van der Waals surface area contributed by atoms with Crippen molar-refractivity contribution in [3.8, 4) is 0 Å². The van der Waals surface area contributed by atoms with Gasteiger partial charge in [-0.25, -0.2) is 14.0 Å². The second kappa shape index (κ2) is 6.96. The summed E-state index contributed by atoms with van der Waals surface area (Å²) in [5.74, 6) is -1.08. The van der Waals surface area contributed by atoms with Crippen LogP contribution in [0.15, 0.2) is 74.3 Å². The fourth-order valence-corrected chi connectivity index (χ4v) is 3.52. The normalized spacial score (nSPS) is 11.0. The van der Waals surface area contributed by atoms with Gasteiger partial charge >= 0.3 is 11.6 Å². The summed E-state index contributed by atoms with van der Waals surface area (Å²) in [5, 5.41) is 2.60. The molecule has 0 amide bonds. The topological polar surface area (TPSA) is 56.5 Å². The molecule has 0 aliphatic heterocycles. The highest BCUT2D eigenvalue weighted by Gasteiger charge is 2.15. The molecule has 3 aromatic carbocycles. The van der Waals surface area contributed by atoms with Crippen molar-refractivity contribution in [2.75, 3.05) is 0 Å². The molecule has 134 valence electrons. The molecule has 0 unspecified atom stereocenters. The Hall–Kier alpha value is -2.99. The molecule has 0 bridgehead atoms. The van der Waals surface area contributed by atoms with Gasteiger partial charge in [-0.15, -0.1) is 0 Å². The maximum Gasteiger partial charge on any atom is 0.339 e. The minimum absolute atomic E-state index is 0.112. The van der Waals surface area contributed by atoms with Gasteiger partial charge in [0.1, 0.15) is 18.0 Å². The first-order chi connectivity index (χ1) is 13.0. The standard InChI is InChI=1S/C21H12BrFO4/c22-17-10-14(23)6-7-16(17)21(25)26-11-13-9-19(24)27-18-8-5-12-3-1-2-4-15(12)20(13)18/h1-10H,11H2. The summed E-state index contributed by atoms with van der Waals surface area (Å²) in [7, 11) is 0. The molecule has 4 nitrogen and oxygen atoms in total. The lowest BCUT2D eigenvalue weighted by atomic mass is 10.0. The van der Waals surface area contributed by atoms with Crippen LogP contribution in [0.4, 0.5) is 4.39 Å². The molecule has 0 aliphatic rings. The molecular weight excluding hydrogens is 415 g/mol. The summed E-state index contributed by atoms with van der Waals surface area (Å²) < 4.78 is 24.2. The van der Waals surface area contributed by atoms with Gasteiger partial charge in [-0.1, -0.05) is 30.3 Å². The van der Waals surface area contributed by atoms with Gasteiger partial charge in [0.15, 0.2) is 0 Å². The number of carbonyl (C=O) groups excluding carboxylic acids is 1. The quantitative estimate of drug-likeness (QED) is 0.256. The molecule has 0 fully saturated rings. The van der Waals surface area contributed by atoms with E-state index in [-0.39, 0.29) is 12.2 Å². The molecular formula is C21H12BrFO4. The van der Waals surface area contributed by atoms with Crippen LogP contribution in [0.3, 0.4) is 0 Å². The van der Waals surface area contributed by atoms with Crippen molar-refractivity contribution < 1.29 is 18.3 Å². The molecule has 1 aromatic heterocycles. The van der Waals surface area contributed by atoms with Crippen molar-refractivity contribution in [3.63, 3.8) is 0 Å². The van der Waals surface area contributed by atoms with Crippen molar-refractivity contribution in [3.05, 3.63) is 92.5 Å². The number of halogens is 2. The third kappa shape index (κ3) is 3.36. The molecule has 0 saturated carbocycles. The van der Waals surface area contributed by atoms with Crippen LogP contribution in [-0.4, -0.2) is 5.97 Å². The third-order valence-corrected chi connectivity index (χ3v) is 4.88. The molecule has 0 aliphatic carbocycles. The van der Waals surface area contributed by atoms with Crippen molar-refractivity contribution in [1.82, 2.24) is 0 Å². The Morgan fingerprint density at radius 2 is 1.89 bits per heavy atom. The molecule has 6 heteroatoms. The largest absolute Gasteiger partial charge is 0.457 e. The van der Waals surface area contributed by atoms with Gasteiger partial charge in [0, 0.05) is 21.5 Å². The lowest BCUT2D eigenvalue weighted by Crippen LogP contribution is -2.09. The Morgan fingerprint density at radius 3 is 2.70 bits per heavy atom. The Morgan fingerprint density at radius 1 is 1.07 bits per heavy atom. The molecule has 0 radical (unpaired) electrons. The first kappa shape index (κ1) is 17.4. The van der Waals surface area contributed by atoms with E-state index < -0.39 is 17.4 Å². The highest BCUT2D eigenvalue weighted by Crippen LogP contribution is 2.28. The Labute approximate surface area is 161 Å².